The molecule has 0 radical (unpaired) electrons. The van der Waals surface area contributed by atoms with Gasteiger partial charge in [0.1, 0.15) is 10.6 Å². The van der Waals surface area contributed by atoms with Crippen LogP contribution in [0.1, 0.15) is 11.1 Å². The van der Waals surface area contributed by atoms with Gasteiger partial charge < -0.3 is 8.92 Å². The summed E-state index contributed by atoms with van der Waals surface area (Å²) in [6.45, 7) is 1.89. The number of methoxy groups -OCH3 is 1. The van der Waals surface area contributed by atoms with Crippen LogP contribution in [0.3, 0.4) is 0 Å². The first kappa shape index (κ1) is 16.8. The molecule has 4 nitrogen and oxygen atoms in total. The molecule has 0 bridgehead atoms. The zero-order valence-corrected chi connectivity index (χ0v) is 15.1. The van der Waals surface area contributed by atoms with Crippen molar-refractivity contribution in [2.75, 3.05) is 7.11 Å². The van der Waals surface area contributed by atoms with Crippen LogP contribution in [-0.2, 0) is 14.3 Å². The van der Waals surface area contributed by atoms with Crippen LogP contribution < -0.4 is 4.74 Å². The molecule has 2 aromatic rings. The van der Waals surface area contributed by atoms with E-state index in [2.05, 4.69) is 0 Å². The first-order chi connectivity index (χ1) is 10.5. The fourth-order valence-corrected chi connectivity index (χ4v) is 3.36. The lowest BCUT2D eigenvalue weighted by molar-refractivity contribution is 0.414. The average Bonchev–Trinajstić information content (AvgIpc) is 2.53. The smallest absolute Gasteiger partial charge is 0.339 e. The molecule has 0 aliphatic carbocycles. The largest absolute Gasteiger partial charge is 0.497 e. The molecule has 0 N–H and O–H groups in total. The quantitative estimate of drug-likeness (QED) is 0.407. The summed E-state index contributed by atoms with van der Waals surface area (Å²) in [5.41, 5.74) is 1.64. The number of aryl methyl sites for hydroxylation is 1. The predicted molar refractivity (Wildman–Crippen MR) is 94.4 cm³/mol. The topological polar surface area (TPSA) is 52.6 Å². The highest BCUT2D eigenvalue weighted by molar-refractivity contribution is 14.1. The van der Waals surface area contributed by atoms with Crippen molar-refractivity contribution in [2.24, 2.45) is 0 Å². The molecule has 0 aliphatic heterocycles. The van der Waals surface area contributed by atoms with E-state index in [1.807, 2.05) is 29.5 Å². The van der Waals surface area contributed by atoms with Crippen LogP contribution in [0.25, 0.3) is 5.76 Å². The fraction of sp³-hybridized carbons (Fsp3) is 0.125. The molecule has 2 rings (SSSR count). The lowest BCUT2D eigenvalue weighted by Gasteiger charge is -2.11. The predicted octanol–water partition coefficient (Wildman–Crippen LogP) is 4.14. The van der Waals surface area contributed by atoms with Crippen LogP contribution in [-0.4, -0.2) is 15.5 Å². The van der Waals surface area contributed by atoms with Crippen LogP contribution in [0.4, 0.5) is 0 Å². The van der Waals surface area contributed by atoms with E-state index in [-0.39, 0.29) is 10.7 Å². The van der Waals surface area contributed by atoms with Crippen molar-refractivity contribution in [1.82, 2.24) is 0 Å². The maximum atomic E-state index is 12.3. The van der Waals surface area contributed by atoms with Gasteiger partial charge in [0.15, 0.2) is 5.76 Å². The zero-order chi connectivity index (χ0) is 16.2. The number of hydrogen-bond acceptors (Lipinski definition) is 4. The SMILES string of the molecule is COc1ccc(/C(=C/I)OS(=O)(=O)c2ccc(C)cc2)cc1. The Kier molecular flexibility index (Phi) is 5.47. The van der Waals surface area contributed by atoms with E-state index in [0.29, 0.717) is 11.3 Å². The molecule has 0 unspecified atom stereocenters. The van der Waals surface area contributed by atoms with Crippen molar-refractivity contribution in [3.8, 4) is 5.75 Å². The minimum atomic E-state index is -3.86. The highest BCUT2D eigenvalue weighted by Gasteiger charge is 2.18. The highest BCUT2D eigenvalue weighted by atomic mass is 127. The normalized spacial score (nSPS) is 12.0. The molecule has 0 atom stereocenters. The second kappa shape index (κ2) is 7.15. The van der Waals surface area contributed by atoms with Crippen LogP contribution in [0.5, 0.6) is 5.75 Å². The Balaban J connectivity index is 2.27. The van der Waals surface area contributed by atoms with Crippen molar-refractivity contribution in [2.45, 2.75) is 11.8 Å². The Bertz CT molecular complexity index is 763. The minimum Gasteiger partial charge on any atom is -0.497 e. The summed E-state index contributed by atoms with van der Waals surface area (Å²) < 4.78 is 36.6. The molecule has 0 heterocycles. The molecule has 6 heteroatoms. The Morgan fingerprint density at radius 1 is 1.05 bits per heavy atom. The van der Waals surface area contributed by atoms with E-state index in [1.165, 1.54) is 12.1 Å². The molecule has 0 aliphatic rings. The molecule has 0 saturated carbocycles. The van der Waals surface area contributed by atoms with Gasteiger partial charge in [-0.1, -0.05) is 17.7 Å². The lowest BCUT2D eigenvalue weighted by Crippen LogP contribution is -2.06. The van der Waals surface area contributed by atoms with Crippen molar-refractivity contribution >= 4 is 38.5 Å². The van der Waals surface area contributed by atoms with Gasteiger partial charge in [-0.25, -0.2) is 0 Å². The number of hydrogen-bond donors (Lipinski definition) is 0. The molecule has 0 fully saturated rings. The van der Waals surface area contributed by atoms with E-state index >= 15 is 0 Å². The highest BCUT2D eigenvalue weighted by Crippen LogP contribution is 2.25. The van der Waals surface area contributed by atoms with Crippen molar-refractivity contribution in [1.29, 1.82) is 0 Å². The number of ether oxygens (including phenoxy) is 1. The minimum absolute atomic E-state index is 0.127. The summed E-state index contributed by atoms with van der Waals surface area (Å²) in [5, 5.41) is 0. The third kappa shape index (κ3) is 4.01. The summed E-state index contributed by atoms with van der Waals surface area (Å²) in [5.74, 6) is 0.960. The van der Waals surface area contributed by atoms with Crippen molar-refractivity contribution in [3.63, 3.8) is 0 Å². The first-order valence-corrected chi connectivity index (χ1v) is 9.07. The molecule has 116 valence electrons. The van der Waals surface area contributed by atoms with E-state index in [1.54, 1.807) is 47.6 Å². The van der Waals surface area contributed by atoms with E-state index in [9.17, 15) is 8.42 Å². The van der Waals surface area contributed by atoms with Crippen LogP contribution in [0.15, 0.2) is 57.5 Å². The van der Waals surface area contributed by atoms with Gasteiger partial charge in [0.2, 0.25) is 0 Å². The Labute approximate surface area is 144 Å². The second-order valence-electron chi connectivity index (χ2n) is 4.55. The third-order valence-electron chi connectivity index (χ3n) is 2.98. The molecule has 0 saturated heterocycles. The third-order valence-corrected chi connectivity index (χ3v) is 4.80. The summed E-state index contributed by atoms with van der Waals surface area (Å²) in [7, 11) is -2.28. The maximum absolute atomic E-state index is 12.3. The van der Waals surface area contributed by atoms with Gasteiger partial charge in [0.05, 0.1) is 7.11 Å². The van der Waals surface area contributed by atoms with Gasteiger partial charge in [-0.3, -0.25) is 0 Å². The molecular weight excluding hydrogens is 415 g/mol. The van der Waals surface area contributed by atoms with Gasteiger partial charge in [0, 0.05) is 9.65 Å². The number of halogens is 1. The fourth-order valence-electron chi connectivity index (χ4n) is 1.76. The first-order valence-electron chi connectivity index (χ1n) is 6.42. The van der Waals surface area contributed by atoms with Crippen LogP contribution in [0, 0.1) is 6.92 Å². The van der Waals surface area contributed by atoms with E-state index in [0.717, 1.165) is 5.56 Å². The van der Waals surface area contributed by atoms with Gasteiger partial charge in [-0.15, -0.1) is 0 Å². The zero-order valence-electron chi connectivity index (χ0n) is 12.1. The van der Waals surface area contributed by atoms with Crippen LogP contribution in [0.2, 0.25) is 0 Å². The van der Waals surface area contributed by atoms with Gasteiger partial charge >= 0.3 is 10.1 Å². The monoisotopic (exact) mass is 430 g/mol. The number of rotatable bonds is 5. The Morgan fingerprint density at radius 2 is 1.64 bits per heavy atom. The summed E-state index contributed by atoms with van der Waals surface area (Å²) >= 11 is 1.95. The molecule has 2 aromatic carbocycles. The Hall–Kier alpha value is -1.54. The summed E-state index contributed by atoms with van der Waals surface area (Å²) in [6.07, 6.45) is 0. The van der Waals surface area contributed by atoms with E-state index in [4.69, 9.17) is 8.92 Å². The van der Waals surface area contributed by atoms with E-state index < -0.39 is 10.1 Å². The summed E-state index contributed by atoms with van der Waals surface area (Å²) in [4.78, 5) is 0.127. The maximum Gasteiger partial charge on any atom is 0.339 e. The average molecular weight is 430 g/mol. The van der Waals surface area contributed by atoms with Crippen LogP contribution >= 0.6 is 22.6 Å². The molecule has 0 amide bonds. The molecule has 0 aromatic heterocycles. The van der Waals surface area contributed by atoms with Gasteiger partial charge in [-0.2, -0.15) is 8.42 Å². The standard InChI is InChI=1S/C16H15IO4S/c1-12-3-9-15(10-4-12)22(18,19)21-16(11-17)13-5-7-14(20-2)8-6-13/h3-11H,1-2H3/b16-11-. The lowest BCUT2D eigenvalue weighted by atomic mass is 10.2. The van der Waals surface area contributed by atoms with Crippen molar-refractivity contribution in [3.05, 3.63) is 63.7 Å². The van der Waals surface area contributed by atoms with Gasteiger partial charge in [-0.05, 0) is 65.9 Å². The molecule has 0 spiro atoms. The molecule has 22 heavy (non-hydrogen) atoms. The Morgan fingerprint density at radius 3 is 2.14 bits per heavy atom. The molecular formula is C16H15IO4S. The second-order valence-corrected chi connectivity index (χ2v) is 6.72. The summed E-state index contributed by atoms with van der Waals surface area (Å²) in [6, 6.07) is 13.5. The number of benzene rings is 2. The van der Waals surface area contributed by atoms with Crippen molar-refractivity contribution < 1.29 is 17.3 Å². The van der Waals surface area contributed by atoms with Gasteiger partial charge in [0.25, 0.3) is 0 Å².